The average Bonchev–Trinajstić information content (AvgIpc) is 2.19. The van der Waals surface area contributed by atoms with Crippen molar-refractivity contribution in [2.75, 3.05) is 24.6 Å². The highest BCUT2D eigenvalue weighted by Crippen LogP contribution is 2.19. The third-order valence-corrected chi connectivity index (χ3v) is 3.56. The van der Waals surface area contributed by atoms with Crippen LogP contribution in [0.2, 0.25) is 0 Å². The highest BCUT2D eigenvalue weighted by Gasteiger charge is 2.33. The fourth-order valence-corrected chi connectivity index (χ4v) is 2.71. The summed E-state index contributed by atoms with van der Waals surface area (Å²) in [5.41, 5.74) is 0. The van der Waals surface area contributed by atoms with E-state index in [2.05, 4.69) is 5.32 Å². The first-order chi connectivity index (χ1) is 6.79. The van der Waals surface area contributed by atoms with Gasteiger partial charge in [-0.15, -0.1) is 11.8 Å². The van der Waals surface area contributed by atoms with Gasteiger partial charge < -0.3 is 5.32 Å². The van der Waals surface area contributed by atoms with Crippen LogP contribution in [0.15, 0.2) is 0 Å². The van der Waals surface area contributed by atoms with E-state index >= 15 is 0 Å². The van der Waals surface area contributed by atoms with Crippen molar-refractivity contribution in [1.82, 2.24) is 10.2 Å². The van der Waals surface area contributed by atoms with Crippen molar-refractivity contribution in [3.05, 3.63) is 0 Å². The second-order valence-corrected chi connectivity index (χ2v) is 4.62. The number of hydrogen-bond donors (Lipinski definition) is 1. The normalized spacial score (nSPS) is 25.6. The molecule has 2 rings (SSSR count). The fourth-order valence-electron chi connectivity index (χ4n) is 1.98. The molecule has 2 aliphatic rings. The molecule has 0 unspecified atom stereocenters. The van der Waals surface area contributed by atoms with Crippen molar-refractivity contribution in [3.63, 3.8) is 0 Å². The lowest BCUT2D eigenvalue weighted by Gasteiger charge is -2.35. The summed E-state index contributed by atoms with van der Waals surface area (Å²) < 4.78 is 0. The molecule has 0 aromatic rings. The van der Waals surface area contributed by atoms with E-state index in [0.717, 1.165) is 25.9 Å². The average molecular weight is 214 g/mol. The molecule has 2 saturated heterocycles. The Morgan fingerprint density at radius 3 is 2.29 bits per heavy atom. The van der Waals surface area contributed by atoms with E-state index in [-0.39, 0.29) is 17.9 Å². The standard InChI is InChI=1S/C9H14N2O2S/c12-8-5-14-6-9(13)11(8)7-1-3-10-4-2-7/h7,10H,1-6H2. The molecule has 2 aliphatic heterocycles. The Balaban J connectivity index is 2.05. The zero-order chi connectivity index (χ0) is 9.97. The summed E-state index contributed by atoms with van der Waals surface area (Å²) in [6.07, 6.45) is 1.81. The van der Waals surface area contributed by atoms with Crippen molar-refractivity contribution >= 4 is 23.6 Å². The molecule has 5 heteroatoms. The SMILES string of the molecule is O=C1CSCC(=O)N1C1CCNCC1. The van der Waals surface area contributed by atoms with E-state index in [1.165, 1.54) is 16.7 Å². The van der Waals surface area contributed by atoms with E-state index in [1.807, 2.05) is 0 Å². The van der Waals surface area contributed by atoms with Crippen LogP contribution < -0.4 is 5.32 Å². The maximum Gasteiger partial charge on any atom is 0.239 e. The van der Waals surface area contributed by atoms with Gasteiger partial charge in [0.15, 0.2) is 0 Å². The van der Waals surface area contributed by atoms with Crippen molar-refractivity contribution in [3.8, 4) is 0 Å². The number of imide groups is 1. The van der Waals surface area contributed by atoms with Crippen LogP contribution in [0.5, 0.6) is 0 Å². The molecule has 1 N–H and O–H groups in total. The second-order valence-electron chi connectivity index (χ2n) is 3.63. The number of nitrogens with one attached hydrogen (secondary N) is 1. The fraction of sp³-hybridized carbons (Fsp3) is 0.778. The Morgan fingerprint density at radius 2 is 1.71 bits per heavy atom. The molecule has 0 atom stereocenters. The molecule has 2 heterocycles. The van der Waals surface area contributed by atoms with Crippen LogP contribution in [-0.2, 0) is 9.59 Å². The maximum atomic E-state index is 11.6. The van der Waals surface area contributed by atoms with Gasteiger partial charge in [-0.1, -0.05) is 0 Å². The summed E-state index contributed by atoms with van der Waals surface area (Å²) in [5, 5.41) is 3.23. The summed E-state index contributed by atoms with van der Waals surface area (Å²) in [4.78, 5) is 24.6. The first-order valence-electron chi connectivity index (χ1n) is 4.92. The van der Waals surface area contributed by atoms with Crippen LogP contribution in [0, 0.1) is 0 Å². The predicted octanol–water partition coefficient (Wildman–Crippen LogP) is -0.160. The molecule has 0 aliphatic carbocycles. The predicted molar refractivity (Wildman–Crippen MR) is 55.1 cm³/mol. The summed E-state index contributed by atoms with van der Waals surface area (Å²) in [7, 11) is 0. The molecular formula is C9H14N2O2S. The monoisotopic (exact) mass is 214 g/mol. The maximum absolute atomic E-state index is 11.6. The zero-order valence-electron chi connectivity index (χ0n) is 7.99. The van der Waals surface area contributed by atoms with Crippen molar-refractivity contribution in [2.45, 2.75) is 18.9 Å². The van der Waals surface area contributed by atoms with Gasteiger partial charge >= 0.3 is 0 Å². The number of thioether (sulfide) groups is 1. The van der Waals surface area contributed by atoms with E-state index in [1.54, 1.807) is 0 Å². The van der Waals surface area contributed by atoms with E-state index in [9.17, 15) is 9.59 Å². The lowest BCUT2D eigenvalue weighted by molar-refractivity contribution is -0.145. The quantitative estimate of drug-likeness (QED) is 0.616. The van der Waals surface area contributed by atoms with Crippen LogP contribution >= 0.6 is 11.8 Å². The smallest absolute Gasteiger partial charge is 0.239 e. The van der Waals surface area contributed by atoms with Gasteiger partial charge in [-0.25, -0.2) is 0 Å². The zero-order valence-corrected chi connectivity index (χ0v) is 8.81. The number of carbonyl (C=O) groups excluding carboxylic acids is 2. The van der Waals surface area contributed by atoms with Gasteiger partial charge in [-0.2, -0.15) is 0 Å². The molecule has 0 radical (unpaired) electrons. The summed E-state index contributed by atoms with van der Waals surface area (Å²) >= 11 is 1.42. The second kappa shape index (κ2) is 4.31. The Labute approximate surface area is 87.4 Å². The number of hydrogen-bond acceptors (Lipinski definition) is 4. The van der Waals surface area contributed by atoms with Gasteiger partial charge in [0, 0.05) is 6.04 Å². The van der Waals surface area contributed by atoms with Crippen LogP contribution in [0.3, 0.4) is 0 Å². The summed E-state index contributed by atoms with van der Waals surface area (Å²) in [6, 6.07) is 0.150. The number of nitrogens with zero attached hydrogens (tertiary/aromatic N) is 1. The highest BCUT2D eigenvalue weighted by molar-refractivity contribution is 8.00. The minimum absolute atomic E-state index is 0.00171. The molecule has 0 saturated carbocycles. The molecule has 0 bridgehead atoms. The van der Waals surface area contributed by atoms with Gasteiger partial charge in [0.1, 0.15) is 0 Å². The minimum Gasteiger partial charge on any atom is -0.317 e. The molecule has 2 fully saturated rings. The molecule has 4 nitrogen and oxygen atoms in total. The lowest BCUT2D eigenvalue weighted by atomic mass is 10.0. The number of rotatable bonds is 1. The molecule has 0 aromatic heterocycles. The van der Waals surface area contributed by atoms with Gasteiger partial charge in [0.05, 0.1) is 11.5 Å². The molecule has 14 heavy (non-hydrogen) atoms. The first kappa shape index (κ1) is 9.98. The van der Waals surface area contributed by atoms with Gasteiger partial charge in [0.25, 0.3) is 0 Å². The van der Waals surface area contributed by atoms with Crippen LogP contribution in [-0.4, -0.2) is 47.4 Å². The third kappa shape index (κ3) is 1.93. The number of amides is 2. The Hall–Kier alpha value is -0.550. The van der Waals surface area contributed by atoms with Gasteiger partial charge in [-0.3, -0.25) is 14.5 Å². The summed E-state index contributed by atoms with van der Waals surface area (Å²) in [6.45, 7) is 1.82. The molecule has 0 spiro atoms. The largest absolute Gasteiger partial charge is 0.317 e. The highest BCUT2D eigenvalue weighted by atomic mass is 32.2. The Kier molecular flexibility index (Phi) is 3.08. The minimum atomic E-state index is -0.00171. The molecule has 78 valence electrons. The lowest BCUT2D eigenvalue weighted by Crippen LogP contribution is -2.52. The first-order valence-corrected chi connectivity index (χ1v) is 6.08. The van der Waals surface area contributed by atoms with E-state index < -0.39 is 0 Å². The van der Waals surface area contributed by atoms with Crippen LogP contribution in [0.1, 0.15) is 12.8 Å². The van der Waals surface area contributed by atoms with E-state index in [4.69, 9.17) is 0 Å². The Bertz CT molecular complexity index is 235. The van der Waals surface area contributed by atoms with Crippen molar-refractivity contribution in [1.29, 1.82) is 0 Å². The van der Waals surface area contributed by atoms with Crippen LogP contribution in [0.25, 0.3) is 0 Å². The molecular weight excluding hydrogens is 200 g/mol. The number of piperidine rings is 1. The summed E-state index contributed by atoms with van der Waals surface area (Å²) in [5.74, 6) is 0.932. The van der Waals surface area contributed by atoms with Gasteiger partial charge in [-0.05, 0) is 25.9 Å². The van der Waals surface area contributed by atoms with E-state index in [0.29, 0.717) is 11.5 Å². The Morgan fingerprint density at radius 1 is 1.14 bits per heavy atom. The van der Waals surface area contributed by atoms with Gasteiger partial charge in [0.2, 0.25) is 11.8 Å². The third-order valence-electron chi connectivity index (χ3n) is 2.66. The molecule has 2 amide bonds. The van der Waals surface area contributed by atoms with Crippen molar-refractivity contribution < 1.29 is 9.59 Å². The van der Waals surface area contributed by atoms with Crippen LogP contribution in [0.4, 0.5) is 0 Å². The number of carbonyl (C=O) groups is 2. The van der Waals surface area contributed by atoms with Crippen molar-refractivity contribution in [2.24, 2.45) is 0 Å². The molecule has 0 aromatic carbocycles. The topological polar surface area (TPSA) is 49.4 Å².